The fraction of sp³-hybridized carbons (Fsp3) is 0.235. The summed E-state index contributed by atoms with van der Waals surface area (Å²) in [5.41, 5.74) is 6.84. The summed E-state index contributed by atoms with van der Waals surface area (Å²) in [5.74, 6) is 0.0278. The molecule has 0 bridgehead atoms. The molecule has 0 spiro atoms. The first-order valence-electron chi connectivity index (χ1n) is 6.55. The molecule has 1 unspecified atom stereocenters. The van der Waals surface area contributed by atoms with Crippen molar-refractivity contribution in [3.63, 3.8) is 0 Å². The summed E-state index contributed by atoms with van der Waals surface area (Å²) in [6, 6.07) is 12.2. The van der Waals surface area contributed by atoms with Crippen LogP contribution in [0.25, 0.3) is 0 Å². The van der Waals surface area contributed by atoms with Crippen LogP contribution in [0.3, 0.4) is 0 Å². The molecule has 0 radical (unpaired) electrons. The van der Waals surface area contributed by atoms with Crippen LogP contribution in [-0.4, -0.2) is 5.91 Å². The second kappa shape index (κ2) is 4.23. The maximum absolute atomic E-state index is 12.0. The number of aryl methyl sites for hydroxylation is 3. The van der Waals surface area contributed by atoms with E-state index in [1.165, 1.54) is 22.3 Å². The largest absolute Gasteiger partial charge is 0.341 e. The molecule has 1 aliphatic rings. The number of hydrogen-bond donors (Lipinski definition) is 1. The summed E-state index contributed by atoms with van der Waals surface area (Å²) < 4.78 is 0. The Morgan fingerprint density at radius 2 is 1.63 bits per heavy atom. The lowest BCUT2D eigenvalue weighted by atomic mass is 9.90. The predicted molar refractivity (Wildman–Crippen MR) is 76.4 cm³/mol. The molecule has 3 rings (SSSR count). The lowest BCUT2D eigenvalue weighted by molar-refractivity contribution is 0.0960. The third-order valence-electron chi connectivity index (χ3n) is 3.82. The molecule has 1 atom stereocenters. The van der Waals surface area contributed by atoms with E-state index in [2.05, 4.69) is 38.2 Å². The number of nitrogens with one attached hydrogen (secondary N) is 1. The average Bonchev–Trinajstić information content (AvgIpc) is 2.67. The van der Waals surface area contributed by atoms with E-state index in [9.17, 15) is 4.79 Å². The van der Waals surface area contributed by atoms with Crippen LogP contribution in [0, 0.1) is 20.8 Å². The van der Waals surface area contributed by atoms with E-state index < -0.39 is 0 Å². The van der Waals surface area contributed by atoms with Crippen LogP contribution >= 0.6 is 0 Å². The highest BCUT2D eigenvalue weighted by molar-refractivity contribution is 5.99. The molecule has 2 aromatic carbocycles. The quantitative estimate of drug-likeness (QED) is 0.826. The third kappa shape index (κ3) is 1.84. The zero-order valence-corrected chi connectivity index (χ0v) is 11.4. The van der Waals surface area contributed by atoms with Gasteiger partial charge in [-0.3, -0.25) is 4.79 Å². The molecule has 0 fully saturated rings. The summed E-state index contributed by atoms with van der Waals surface area (Å²) in [5, 5.41) is 3.10. The predicted octanol–water partition coefficient (Wildman–Crippen LogP) is 3.44. The van der Waals surface area contributed by atoms with Gasteiger partial charge in [-0.15, -0.1) is 0 Å². The van der Waals surface area contributed by atoms with Crippen molar-refractivity contribution in [1.82, 2.24) is 5.32 Å². The number of amides is 1. The van der Waals surface area contributed by atoms with Gasteiger partial charge in [-0.1, -0.05) is 35.9 Å². The summed E-state index contributed by atoms with van der Waals surface area (Å²) in [6.45, 7) is 6.33. The summed E-state index contributed by atoms with van der Waals surface area (Å²) >= 11 is 0. The van der Waals surface area contributed by atoms with E-state index >= 15 is 0 Å². The summed E-state index contributed by atoms with van der Waals surface area (Å²) in [4.78, 5) is 12.0. The number of carbonyl (C=O) groups is 1. The van der Waals surface area contributed by atoms with Crippen LogP contribution in [0.15, 0.2) is 36.4 Å². The van der Waals surface area contributed by atoms with Gasteiger partial charge in [-0.05, 0) is 49.1 Å². The number of rotatable bonds is 1. The van der Waals surface area contributed by atoms with Gasteiger partial charge in [-0.25, -0.2) is 0 Å². The van der Waals surface area contributed by atoms with Gasteiger partial charge < -0.3 is 5.32 Å². The van der Waals surface area contributed by atoms with Crippen molar-refractivity contribution in [1.29, 1.82) is 0 Å². The van der Waals surface area contributed by atoms with Crippen molar-refractivity contribution in [2.24, 2.45) is 0 Å². The molecule has 1 heterocycles. The monoisotopic (exact) mass is 251 g/mol. The zero-order chi connectivity index (χ0) is 13.6. The number of hydrogen-bond acceptors (Lipinski definition) is 1. The second-order valence-corrected chi connectivity index (χ2v) is 5.31. The molecule has 1 amide bonds. The van der Waals surface area contributed by atoms with Gasteiger partial charge in [0, 0.05) is 5.56 Å². The number of fused-ring (bicyclic) bond motifs is 1. The molecule has 0 aromatic heterocycles. The molecule has 2 heteroatoms. The van der Waals surface area contributed by atoms with Gasteiger partial charge in [0.25, 0.3) is 5.91 Å². The lowest BCUT2D eigenvalue weighted by Crippen LogP contribution is -2.21. The molecule has 2 nitrogen and oxygen atoms in total. The van der Waals surface area contributed by atoms with Crippen LogP contribution < -0.4 is 5.32 Å². The molecule has 0 saturated carbocycles. The molecule has 0 aliphatic carbocycles. The Morgan fingerprint density at radius 1 is 1.00 bits per heavy atom. The van der Waals surface area contributed by atoms with Crippen LogP contribution in [0.4, 0.5) is 0 Å². The van der Waals surface area contributed by atoms with Crippen LogP contribution in [0.5, 0.6) is 0 Å². The highest BCUT2D eigenvalue weighted by Crippen LogP contribution is 2.34. The molecular weight excluding hydrogens is 234 g/mol. The van der Waals surface area contributed by atoms with Crippen molar-refractivity contribution in [2.75, 3.05) is 0 Å². The minimum absolute atomic E-state index is 0.00991. The van der Waals surface area contributed by atoms with Crippen molar-refractivity contribution >= 4 is 5.91 Å². The highest BCUT2D eigenvalue weighted by atomic mass is 16.2. The Labute approximate surface area is 113 Å². The van der Waals surface area contributed by atoms with E-state index in [0.717, 1.165) is 11.1 Å². The van der Waals surface area contributed by atoms with Crippen molar-refractivity contribution in [2.45, 2.75) is 26.8 Å². The maximum Gasteiger partial charge on any atom is 0.252 e. The fourth-order valence-electron chi connectivity index (χ4n) is 3.12. The first-order valence-corrected chi connectivity index (χ1v) is 6.55. The van der Waals surface area contributed by atoms with E-state index in [-0.39, 0.29) is 11.9 Å². The number of carbonyl (C=O) groups excluding carboxylic acids is 1. The fourth-order valence-corrected chi connectivity index (χ4v) is 3.12. The smallest absolute Gasteiger partial charge is 0.252 e. The number of benzene rings is 2. The van der Waals surface area contributed by atoms with E-state index in [1.807, 2.05) is 24.3 Å². The Morgan fingerprint density at radius 3 is 2.32 bits per heavy atom. The van der Waals surface area contributed by atoms with Crippen LogP contribution in [0.1, 0.15) is 44.2 Å². The van der Waals surface area contributed by atoms with Crippen LogP contribution in [-0.2, 0) is 0 Å². The van der Waals surface area contributed by atoms with Crippen molar-refractivity contribution < 1.29 is 4.79 Å². The Kier molecular flexibility index (Phi) is 2.67. The average molecular weight is 251 g/mol. The van der Waals surface area contributed by atoms with Gasteiger partial charge >= 0.3 is 0 Å². The minimum Gasteiger partial charge on any atom is -0.341 e. The van der Waals surface area contributed by atoms with Gasteiger partial charge in [0.2, 0.25) is 0 Å². The Balaban J connectivity index is 2.18. The second-order valence-electron chi connectivity index (χ2n) is 5.31. The topological polar surface area (TPSA) is 29.1 Å². The first-order chi connectivity index (χ1) is 9.08. The van der Waals surface area contributed by atoms with Crippen molar-refractivity contribution in [3.8, 4) is 0 Å². The Bertz CT molecular complexity index is 650. The van der Waals surface area contributed by atoms with E-state index in [4.69, 9.17) is 0 Å². The molecule has 96 valence electrons. The normalized spacial score (nSPS) is 17.2. The first kappa shape index (κ1) is 12.0. The molecule has 19 heavy (non-hydrogen) atoms. The summed E-state index contributed by atoms with van der Waals surface area (Å²) in [6.07, 6.45) is 0. The summed E-state index contributed by atoms with van der Waals surface area (Å²) in [7, 11) is 0. The van der Waals surface area contributed by atoms with Gasteiger partial charge in [-0.2, -0.15) is 0 Å². The molecule has 0 saturated heterocycles. The third-order valence-corrected chi connectivity index (χ3v) is 3.82. The highest BCUT2D eigenvalue weighted by Gasteiger charge is 2.30. The Hall–Kier alpha value is -2.09. The van der Waals surface area contributed by atoms with E-state index in [0.29, 0.717) is 0 Å². The van der Waals surface area contributed by atoms with E-state index in [1.54, 1.807) is 0 Å². The van der Waals surface area contributed by atoms with Crippen LogP contribution in [0.2, 0.25) is 0 Å². The molecule has 1 aliphatic heterocycles. The minimum atomic E-state index is -0.00991. The van der Waals surface area contributed by atoms with Gasteiger partial charge in [0.1, 0.15) is 0 Å². The lowest BCUT2D eigenvalue weighted by Gasteiger charge is -2.18. The zero-order valence-electron chi connectivity index (χ0n) is 11.4. The van der Waals surface area contributed by atoms with Gasteiger partial charge in [0.15, 0.2) is 0 Å². The SMILES string of the molecule is Cc1cc(C)c(C2NC(=O)c3ccccc32)c(C)c1. The molecular formula is C17H17NO. The van der Waals surface area contributed by atoms with Gasteiger partial charge in [0.05, 0.1) is 6.04 Å². The molecule has 2 aromatic rings. The molecule has 1 N–H and O–H groups in total. The standard InChI is InChI=1S/C17H17NO/c1-10-8-11(2)15(12(3)9-10)16-13-6-4-5-7-14(13)17(19)18-16/h4-9,16H,1-3H3,(H,18,19). The van der Waals surface area contributed by atoms with Crippen molar-refractivity contribution in [3.05, 3.63) is 69.8 Å². The maximum atomic E-state index is 12.0.